The van der Waals surface area contributed by atoms with Crippen LogP contribution in [0, 0.1) is 11.8 Å². The van der Waals surface area contributed by atoms with E-state index in [1.54, 1.807) is 20.5 Å². The molecule has 4 rings (SSSR count). The van der Waals surface area contributed by atoms with Gasteiger partial charge in [0.15, 0.2) is 0 Å². The van der Waals surface area contributed by atoms with Crippen LogP contribution in [0.5, 0.6) is 5.75 Å². The molecule has 7 nitrogen and oxygen atoms in total. The highest BCUT2D eigenvalue weighted by atomic mass is 16.5. The molecule has 0 aliphatic carbocycles. The lowest BCUT2D eigenvalue weighted by Crippen LogP contribution is -2.60. The van der Waals surface area contributed by atoms with Crippen LogP contribution < -0.4 is 4.74 Å². The van der Waals surface area contributed by atoms with E-state index < -0.39 is 5.60 Å². The summed E-state index contributed by atoms with van der Waals surface area (Å²) in [6.45, 7) is 4.60. The number of aliphatic hydroxyl groups is 1. The van der Waals surface area contributed by atoms with Gasteiger partial charge in [-0.3, -0.25) is 14.7 Å². The molecule has 0 bridgehead atoms. The van der Waals surface area contributed by atoms with E-state index in [2.05, 4.69) is 11.8 Å². The monoisotopic (exact) mass is 414 g/mol. The van der Waals surface area contributed by atoms with Crippen LogP contribution in [-0.2, 0) is 19.9 Å². The second kappa shape index (κ2) is 8.40. The number of hydrogen-bond acceptors (Lipinski definition) is 7. The summed E-state index contributed by atoms with van der Waals surface area (Å²) in [7, 11) is 3.24. The Morgan fingerprint density at radius 3 is 2.93 bits per heavy atom. The summed E-state index contributed by atoms with van der Waals surface area (Å²) in [5, 5.41) is 11.8. The number of carbonyl (C=O) groups is 1. The number of methoxy groups -OCH3 is 2. The highest BCUT2D eigenvalue weighted by Crippen LogP contribution is 2.51. The van der Waals surface area contributed by atoms with Crippen molar-refractivity contribution in [3.05, 3.63) is 35.6 Å². The van der Waals surface area contributed by atoms with Crippen LogP contribution in [0.1, 0.15) is 31.7 Å². The molecule has 30 heavy (non-hydrogen) atoms. The van der Waals surface area contributed by atoms with E-state index in [0.717, 1.165) is 48.5 Å². The van der Waals surface area contributed by atoms with Gasteiger partial charge in [0.1, 0.15) is 18.0 Å². The van der Waals surface area contributed by atoms with E-state index in [-0.39, 0.29) is 18.6 Å². The zero-order valence-corrected chi connectivity index (χ0v) is 17.8. The van der Waals surface area contributed by atoms with Gasteiger partial charge in [0.25, 0.3) is 6.47 Å². The van der Waals surface area contributed by atoms with Gasteiger partial charge in [-0.25, -0.2) is 0 Å². The van der Waals surface area contributed by atoms with Gasteiger partial charge in [-0.05, 0) is 36.8 Å². The molecule has 2 saturated heterocycles. The standard InChI is InChI=1S/C23H30N2O5/c1-4-15-11-25-9-8-23(27)21-18(6-5-7-20(21)29-3)24-22(23)19(25)10-17(15)16(12-28-2)13-30-14-26/h5-7,12,14-15,17,19,27H,4,8-11,13H2,1-3H3/b16-12-/t15-,17+,19+,23+/m1/s1. The van der Waals surface area contributed by atoms with Crippen molar-refractivity contribution in [2.75, 3.05) is 33.9 Å². The lowest BCUT2D eigenvalue weighted by atomic mass is 9.70. The quantitative estimate of drug-likeness (QED) is 0.546. The third-order valence-corrected chi connectivity index (χ3v) is 6.92. The maximum atomic E-state index is 11.8. The molecular formula is C23H30N2O5. The van der Waals surface area contributed by atoms with Gasteiger partial charge in [-0.2, -0.15) is 0 Å². The molecule has 0 spiro atoms. The Bertz CT molecular complexity index is 867. The van der Waals surface area contributed by atoms with E-state index in [1.165, 1.54) is 0 Å². The van der Waals surface area contributed by atoms with E-state index in [4.69, 9.17) is 19.2 Å². The molecule has 162 valence electrons. The number of piperidine rings is 2. The molecule has 0 radical (unpaired) electrons. The van der Waals surface area contributed by atoms with Crippen LogP contribution in [0.4, 0.5) is 5.69 Å². The Morgan fingerprint density at radius 1 is 1.40 bits per heavy atom. The number of rotatable bonds is 7. The minimum Gasteiger partial charge on any atom is -0.504 e. The fourth-order valence-electron chi connectivity index (χ4n) is 5.50. The summed E-state index contributed by atoms with van der Waals surface area (Å²) in [5.41, 5.74) is 2.25. The summed E-state index contributed by atoms with van der Waals surface area (Å²) >= 11 is 0. The maximum absolute atomic E-state index is 11.8. The summed E-state index contributed by atoms with van der Waals surface area (Å²) < 4.78 is 15.9. The molecule has 0 saturated carbocycles. The average Bonchev–Trinajstić information content (AvgIpc) is 3.09. The fourth-order valence-corrected chi connectivity index (χ4v) is 5.50. The van der Waals surface area contributed by atoms with Gasteiger partial charge in [0.2, 0.25) is 0 Å². The number of hydrogen-bond donors (Lipinski definition) is 1. The fraction of sp³-hybridized carbons (Fsp3) is 0.565. The molecule has 2 fully saturated rings. The van der Waals surface area contributed by atoms with Crippen LogP contribution in [0.15, 0.2) is 35.0 Å². The Labute approximate surface area is 177 Å². The molecular weight excluding hydrogens is 384 g/mol. The molecule has 3 aliphatic heterocycles. The summed E-state index contributed by atoms with van der Waals surface area (Å²) in [4.78, 5) is 18.1. The maximum Gasteiger partial charge on any atom is 0.293 e. The minimum absolute atomic E-state index is 0.0187. The van der Waals surface area contributed by atoms with Crippen molar-refractivity contribution >= 4 is 17.9 Å². The van der Waals surface area contributed by atoms with Crippen molar-refractivity contribution in [3.8, 4) is 5.75 Å². The van der Waals surface area contributed by atoms with Gasteiger partial charge >= 0.3 is 0 Å². The normalized spacial score (nSPS) is 30.6. The Morgan fingerprint density at radius 2 is 2.23 bits per heavy atom. The summed E-state index contributed by atoms with van der Waals surface area (Å²) in [6.07, 6.45) is 4.12. The van der Waals surface area contributed by atoms with Crippen LogP contribution >= 0.6 is 0 Å². The zero-order valence-electron chi connectivity index (χ0n) is 17.8. The van der Waals surface area contributed by atoms with E-state index >= 15 is 0 Å². The molecule has 3 aliphatic rings. The molecule has 0 amide bonds. The third-order valence-electron chi connectivity index (χ3n) is 6.92. The second-order valence-electron chi connectivity index (χ2n) is 8.32. The highest BCUT2D eigenvalue weighted by molar-refractivity contribution is 6.05. The Balaban J connectivity index is 1.69. The molecule has 1 aromatic carbocycles. The van der Waals surface area contributed by atoms with Crippen molar-refractivity contribution in [2.24, 2.45) is 16.8 Å². The summed E-state index contributed by atoms with van der Waals surface area (Å²) in [5.74, 6) is 1.29. The summed E-state index contributed by atoms with van der Waals surface area (Å²) in [6, 6.07) is 5.75. The number of ether oxygens (including phenoxy) is 3. The SMILES string of the molecule is CC[C@@H]1CN2CC[C@@]3(O)C(=Nc4cccc(OC)c43)[C@@H]2C[C@@H]1/C(=C\OC)COC=O. The van der Waals surface area contributed by atoms with Crippen LogP contribution in [0.3, 0.4) is 0 Å². The molecule has 4 atom stereocenters. The lowest BCUT2D eigenvalue weighted by molar-refractivity contribution is -0.128. The van der Waals surface area contributed by atoms with Crippen LogP contribution in [0.25, 0.3) is 0 Å². The molecule has 1 N–H and O–H groups in total. The highest BCUT2D eigenvalue weighted by Gasteiger charge is 2.53. The van der Waals surface area contributed by atoms with E-state index in [1.807, 2.05) is 18.2 Å². The van der Waals surface area contributed by atoms with Crippen LogP contribution in [0.2, 0.25) is 0 Å². The van der Waals surface area contributed by atoms with Gasteiger partial charge in [-0.1, -0.05) is 19.4 Å². The number of nitrogens with zero attached hydrogens (tertiary/aromatic N) is 2. The molecule has 3 heterocycles. The largest absolute Gasteiger partial charge is 0.504 e. The Hall–Kier alpha value is -2.38. The Kier molecular flexibility index (Phi) is 5.84. The first-order chi connectivity index (χ1) is 14.6. The predicted molar refractivity (Wildman–Crippen MR) is 113 cm³/mol. The van der Waals surface area contributed by atoms with Crippen molar-refractivity contribution in [1.29, 1.82) is 0 Å². The number of aliphatic imine (C=N–C) groups is 1. The van der Waals surface area contributed by atoms with Gasteiger partial charge in [-0.15, -0.1) is 0 Å². The average molecular weight is 415 g/mol. The number of benzene rings is 1. The van der Waals surface area contributed by atoms with Crippen molar-refractivity contribution in [2.45, 2.75) is 37.8 Å². The van der Waals surface area contributed by atoms with E-state index in [0.29, 0.717) is 24.6 Å². The second-order valence-corrected chi connectivity index (χ2v) is 8.32. The third kappa shape index (κ3) is 3.30. The van der Waals surface area contributed by atoms with Crippen molar-refractivity contribution in [1.82, 2.24) is 4.90 Å². The molecule has 0 aromatic heterocycles. The minimum atomic E-state index is -1.10. The first-order valence-corrected chi connectivity index (χ1v) is 10.6. The van der Waals surface area contributed by atoms with Crippen molar-refractivity contribution in [3.63, 3.8) is 0 Å². The van der Waals surface area contributed by atoms with Gasteiger partial charge in [0, 0.05) is 18.7 Å². The topological polar surface area (TPSA) is 80.6 Å². The first kappa shape index (κ1) is 20.9. The lowest BCUT2D eigenvalue weighted by Gasteiger charge is -2.50. The smallest absolute Gasteiger partial charge is 0.293 e. The molecule has 1 aromatic rings. The number of carbonyl (C=O) groups excluding carboxylic acids is 1. The zero-order chi connectivity index (χ0) is 21.3. The van der Waals surface area contributed by atoms with Crippen molar-refractivity contribution < 1.29 is 24.1 Å². The van der Waals surface area contributed by atoms with E-state index in [9.17, 15) is 9.90 Å². The predicted octanol–water partition coefficient (Wildman–Crippen LogP) is 2.79. The van der Waals surface area contributed by atoms with Gasteiger partial charge < -0.3 is 19.3 Å². The van der Waals surface area contributed by atoms with Crippen LogP contribution in [-0.4, -0.2) is 62.1 Å². The molecule has 7 heteroatoms. The van der Waals surface area contributed by atoms with Gasteiger partial charge in [0.05, 0.1) is 43.5 Å². The first-order valence-electron chi connectivity index (χ1n) is 10.6. The number of fused-ring (bicyclic) bond motifs is 5. The molecule has 0 unspecified atom stereocenters.